The number of ether oxygens (including phenoxy) is 1. The number of pyridine rings is 1. The van der Waals surface area contributed by atoms with E-state index >= 15 is 0 Å². The topological polar surface area (TPSA) is 87.3 Å². The Balaban J connectivity index is 1.76. The number of furan rings is 1. The molecule has 9 heteroatoms. The molecule has 162 valence electrons. The maximum absolute atomic E-state index is 14.0. The van der Waals surface area contributed by atoms with E-state index in [0.717, 1.165) is 21.4 Å². The Morgan fingerprint density at radius 3 is 2.71 bits per heavy atom. The molecule has 4 aromatic rings. The van der Waals surface area contributed by atoms with Crippen molar-refractivity contribution in [3.05, 3.63) is 62.3 Å². The number of aromatic nitrogens is 1. The Labute approximate surface area is 192 Å². The molecule has 0 unspecified atom stereocenters. The number of nitrogens with two attached hydrogens (primary N) is 2. The smallest absolute Gasteiger partial charge is 0.205 e. The lowest BCUT2D eigenvalue weighted by atomic mass is 10.0. The van der Waals surface area contributed by atoms with Crippen LogP contribution in [0.15, 0.2) is 40.5 Å². The van der Waals surface area contributed by atoms with Crippen molar-refractivity contribution < 1.29 is 13.5 Å². The highest BCUT2D eigenvalue weighted by molar-refractivity contribution is 7.10. The predicted molar refractivity (Wildman–Crippen MR) is 124 cm³/mol. The molecule has 0 spiro atoms. The fourth-order valence-corrected chi connectivity index (χ4v) is 4.91. The average Bonchev–Trinajstić information content (AvgIpc) is 3.34. The van der Waals surface area contributed by atoms with Crippen molar-refractivity contribution in [1.82, 2.24) is 4.98 Å². The summed E-state index contributed by atoms with van der Waals surface area (Å²) >= 11 is 13.9. The fraction of sp³-hybridized carbons (Fsp3) is 0.227. The van der Waals surface area contributed by atoms with Crippen LogP contribution in [0, 0.1) is 5.82 Å². The highest BCUT2D eigenvalue weighted by Gasteiger charge is 2.24. The molecule has 0 fully saturated rings. The number of hydrogen-bond donors (Lipinski definition) is 2. The van der Waals surface area contributed by atoms with Crippen LogP contribution >= 0.6 is 34.5 Å². The van der Waals surface area contributed by atoms with Crippen LogP contribution < -0.4 is 16.2 Å². The summed E-state index contributed by atoms with van der Waals surface area (Å²) in [5, 5.41) is 2.93. The predicted octanol–water partition coefficient (Wildman–Crippen LogP) is 6.92. The first-order valence-electron chi connectivity index (χ1n) is 9.42. The molecule has 0 aliphatic heterocycles. The second-order valence-electron chi connectivity index (χ2n) is 7.80. The van der Waals surface area contributed by atoms with E-state index in [1.165, 1.54) is 12.1 Å². The summed E-state index contributed by atoms with van der Waals surface area (Å²) in [7, 11) is 0. The van der Waals surface area contributed by atoms with Gasteiger partial charge in [-0.15, -0.1) is 11.3 Å². The molecule has 0 radical (unpaired) electrons. The highest BCUT2D eigenvalue weighted by Crippen LogP contribution is 2.42. The molecule has 1 aromatic carbocycles. The van der Waals surface area contributed by atoms with Crippen LogP contribution in [0.5, 0.6) is 5.75 Å². The van der Waals surface area contributed by atoms with Crippen molar-refractivity contribution in [2.24, 2.45) is 5.73 Å². The van der Waals surface area contributed by atoms with Gasteiger partial charge in [0, 0.05) is 32.8 Å². The van der Waals surface area contributed by atoms with E-state index in [4.69, 9.17) is 43.8 Å². The molecule has 0 saturated heterocycles. The van der Waals surface area contributed by atoms with Gasteiger partial charge in [-0.2, -0.15) is 0 Å². The molecule has 3 heterocycles. The SMILES string of the molecule is C[C@@H](Oc1c(N)ncc2c(-c3csc(C(C)(C)N)c3)coc12)c1c(Cl)ccc(F)c1Cl. The molecule has 0 saturated carbocycles. The van der Waals surface area contributed by atoms with Crippen molar-refractivity contribution in [1.29, 1.82) is 0 Å². The third kappa shape index (κ3) is 3.99. The number of nitrogen functional groups attached to an aromatic ring is 1. The minimum atomic E-state index is -0.704. The number of rotatable bonds is 5. The van der Waals surface area contributed by atoms with Gasteiger partial charge in [0.15, 0.2) is 11.4 Å². The summed E-state index contributed by atoms with van der Waals surface area (Å²) in [4.78, 5) is 5.30. The minimum absolute atomic E-state index is 0.103. The molecule has 1 atom stereocenters. The van der Waals surface area contributed by atoms with Crippen LogP contribution in [-0.4, -0.2) is 4.98 Å². The summed E-state index contributed by atoms with van der Waals surface area (Å²) in [5.74, 6) is -0.211. The summed E-state index contributed by atoms with van der Waals surface area (Å²) < 4.78 is 25.8. The number of thiophene rings is 1. The summed E-state index contributed by atoms with van der Waals surface area (Å²) in [6.45, 7) is 5.60. The van der Waals surface area contributed by atoms with Gasteiger partial charge in [-0.1, -0.05) is 23.2 Å². The molecule has 5 nitrogen and oxygen atoms in total. The van der Waals surface area contributed by atoms with Crippen molar-refractivity contribution in [3.8, 4) is 16.9 Å². The van der Waals surface area contributed by atoms with Crippen molar-refractivity contribution >= 4 is 51.3 Å². The van der Waals surface area contributed by atoms with Gasteiger partial charge in [0.1, 0.15) is 11.9 Å². The molecule has 4 N–H and O–H groups in total. The van der Waals surface area contributed by atoms with Crippen molar-refractivity contribution in [2.75, 3.05) is 5.73 Å². The Morgan fingerprint density at radius 2 is 2.03 bits per heavy atom. The second kappa shape index (κ2) is 7.98. The Hall–Kier alpha value is -2.32. The quantitative estimate of drug-likeness (QED) is 0.303. The van der Waals surface area contributed by atoms with Gasteiger partial charge in [-0.05, 0) is 49.9 Å². The van der Waals surface area contributed by atoms with E-state index in [0.29, 0.717) is 11.1 Å². The maximum atomic E-state index is 14.0. The number of halogens is 3. The number of nitrogens with zero attached hydrogens (tertiary/aromatic N) is 1. The minimum Gasteiger partial charge on any atom is -0.478 e. The molecule has 0 aliphatic rings. The number of benzene rings is 1. The fourth-order valence-electron chi connectivity index (χ4n) is 3.28. The zero-order valence-corrected chi connectivity index (χ0v) is 19.3. The highest BCUT2D eigenvalue weighted by atomic mass is 35.5. The third-order valence-electron chi connectivity index (χ3n) is 4.93. The van der Waals surface area contributed by atoms with Gasteiger partial charge in [0.05, 0.1) is 16.7 Å². The molecule has 0 bridgehead atoms. The lowest BCUT2D eigenvalue weighted by Gasteiger charge is -2.18. The molecule has 0 amide bonds. The number of hydrogen-bond acceptors (Lipinski definition) is 6. The summed E-state index contributed by atoms with van der Waals surface area (Å²) in [5.41, 5.74) is 14.4. The van der Waals surface area contributed by atoms with Crippen molar-refractivity contribution in [3.63, 3.8) is 0 Å². The first-order chi connectivity index (χ1) is 14.6. The van der Waals surface area contributed by atoms with Crippen LogP contribution in [0.4, 0.5) is 10.2 Å². The van der Waals surface area contributed by atoms with Crippen LogP contribution in [0.3, 0.4) is 0 Å². The largest absolute Gasteiger partial charge is 0.478 e. The molecule has 4 rings (SSSR count). The van der Waals surface area contributed by atoms with Gasteiger partial charge in [0.25, 0.3) is 0 Å². The van der Waals surface area contributed by atoms with E-state index in [9.17, 15) is 4.39 Å². The summed E-state index contributed by atoms with van der Waals surface area (Å²) in [6.07, 6.45) is 2.55. The Kier molecular flexibility index (Phi) is 5.64. The molecule has 31 heavy (non-hydrogen) atoms. The standard InChI is InChI=1S/C22H20Cl2FN3O2S/c1-10(17-14(23)4-5-15(25)18(17)24)30-20-19-12(7-28-21(20)26)13(8-29-19)11-6-16(31-9-11)22(2,3)27/h4-10H,27H2,1-3H3,(H2,26,28)/t10-/m1/s1. The zero-order valence-electron chi connectivity index (χ0n) is 17.0. The van der Waals surface area contributed by atoms with E-state index in [-0.39, 0.29) is 21.6 Å². The zero-order chi connectivity index (χ0) is 22.5. The maximum Gasteiger partial charge on any atom is 0.205 e. The van der Waals surface area contributed by atoms with Crippen LogP contribution in [0.25, 0.3) is 22.1 Å². The molecular formula is C22H20Cl2FN3O2S. The molecule has 3 aromatic heterocycles. The third-order valence-corrected chi connectivity index (χ3v) is 6.91. The molecule has 0 aliphatic carbocycles. The van der Waals surface area contributed by atoms with Gasteiger partial charge in [0.2, 0.25) is 5.75 Å². The first-order valence-corrected chi connectivity index (χ1v) is 11.1. The first kappa shape index (κ1) is 21.9. The van der Waals surface area contributed by atoms with Crippen LogP contribution in [0.2, 0.25) is 10.0 Å². The van der Waals surface area contributed by atoms with Gasteiger partial charge in [-0.25, -0.2) is 9.37 Å². The number of anilines is 1. The van der Waals surface area contributed by atoms with Crippen LogP contribution in [-0.2, 0) is 5.54 Å². The van der Waals surface area contributed by atoms with Crippen molar-refractivity contribution in [2.45, 2.75) is 32.4 Å². The van der Waals surface area contributed by atoms with Gasteiger partial charge >= 0.3 is 0 Å². The Bertz CT molecular complexity index is 1280. The second-order valence-corrected chi connectivity index (χ2v) is 9.50. The summed E-state index contributed by atoms with van der Waals surface area (Å²) in [6, 6.07) is 4.66. The monoisotopic (exact) mass is 479 g/mol. The average molecular weight is 480 g/mol. The number of fused-ring (bicyclic) bond motifs is 1. The van der Waals surface area contributed by atoms with E-state index in [1.54, 1.807) is 30.7 Å². The lowest BCUT2D eigenvalue weighted by molar-refractivity contribution is 0.227. The normalized spacial score (nSPS) is 13.0. The van der Waals surface area contributed by atoms with Gasteiger partial charge < -0.3 is 20.6 Å². The molecular weight excluding hydrogens is 460 g/mol. The van der Waals surface area contributed by atoms with Gasteiger partial charge in [-0.3, -0.25) is 0 Å². The van der Waals surface area contributed by atoms with E-state index in [2.05, 4.69) is 4.98 Å². The van der Waals surface area contributed by atoms with E-state index < -0.39 is 17.5 Å². The van der Waals surface area contributed by atoms with Crippen LogP contribution in [0.1, 0.15) is 37.3 Å². The lowest BCUT2D eigenvalue weighted by Crippen LogP contribution is -2.27. The van der Waals surface area contributed by atoms with E-state index in [1.807, 2.05) is 25.3 Å². The Morgan fingerprint density at radius 1 is 1.29 bits per heavy atom.